The summed E-state index contributed by atoms with van der Waals surface area (Å²) in [6.07, 6.45) is 7.18. The van der Waals surface area contributed by atoms with Crippen molar-refractivity contribution in [2.45, 2.75) is 43.4 Å². The third-order valence-corrected chi connectivity index (χ3v) is 16.1. The Labute approximate surface area is 390 Å². The molecule has 318 valence electrons. The van der Waals surface area contributed by atoms with Crippen molar-refractivity contribution in [3.8, 4) is 44.5 Å². The third kappa shape index (κ3) is 6.28. The van der Waals surface area contributed by atoms with E-state index in [0.717, 1.165) is 35.0 Å². The van der Waals surface area contributed by atoms with Gasteiger partial charge in [-0.2, -0.15) is 0 Å². The molecule has 0 radical (unpaired) electrons. The summed E-state index contributed by atoms with van der Waals surface area (Å²) in [7, 11) is 0. The minimum absolute atomic E-state index is 0.507. The quantitative estimate of drug-likeness (QED) is 0.140. The third-order valence-electron chi connectivity index (χ3n) is 16.1. The molecule has 4 fully saturated rings. The van der Waals surface area contributed by atoms with Crippen LogP contribution in [-0.4, -0.2) is 0 Å². The number of hydrogen-bond acceptors (Lipinski definition) is 1. The number of nitrogens with zero attached hydrogens (tertiary/aromatic N) is 1. The van der Waals surface area contributed by atoms with Gasteiger partial charge in [-0.15, -0.1) is 0 Å². The molecule has 5 aliphatic carbocycles. The maximum atomic E-state index is 2.56. The van der Waals surface area contributed by atoms with Gasteiger partial charge in [-0.3, -0.25) is 0 Å². The molecule has 14 rings (SSSR count). The number of hydrogen-bond donors (Lipinski definition) is 0. The second kappa shape index (κ2) is 16.0. The zero-order chi connectivity index (χ0) is 43.6. The number of benzene rings is 9. The van der Waals surface area contributed by atoms with E-state index in [1.807, 2.05) is 0 Å². The van der Waals surface area contributed by atoms with Crippen LogP contribution in [0, 0.1) is 23.7 Å². The van der Waals surface area contributed by atoms with Gasteiger partial charge in [-0.1, -0.05) is 200 Å². The van der Waals surface area contributed by atoms with E-state index in [1.54, 1.807) is 5.56 Å². The van der Waals surface area contributed by atoms with Crippen LogP contribution in [0.5, 0.6) is 0 Å². The second-order valence-corrected chi connectivity index (χ2v) is 19.6. The standard InChI is InChI=1S/C65H53N/c1-4-18-46(19-5-1)54-24-10-11-25-55(54)56-26-12-13-27-57(56)60-29-15-17-31-63(60)66(52-34-32-47(33-35-52)64-48-39-44-38-45(41-48)42-49(64)40-44)53-36-37-59-58-28-14-16-30-61(58)65(62(59)43-53,50-20-6-2-7-21-50)51-22-8-3-9-23-51/h1-37,43-45,48-49,64H,38-42H2. The Hall–Kier alpha value is -7.22. The number of para-hydroxylation sites is 1. The van der Waals surface area contributed by atoms with Gasteiger partial charge in [0.25, 0.3) is 0 Å². The Morgan fingerprint density at radius 1 is 0.333 bits per heavy atom. The molecule has 5 aliphatic rings. The largest absolute Gasteiger partial charge is 0.310 e. The van der Waals surface area contributed by atoms with Crippen molar-refractivity contribution in [2.75, 3.05) is 4.90 Å². The van der Waals surface area contributed by atoms with Crippen molar-refractivity contribution < 1.29 is 0 Å². The molecule has 4 saturated carbocycles. The lowest BCUT2D eigenvalue weighted by Crippen LogP contribution is -2.43. The first-order chi connectivity index (χ1) is 32.7. The lowest BCUT2D eigenvalue weighted by atomic mass is 9.51. The zero-order valence-electron chi connectivity index (χ0n) is 37.3. The lowest BCUT2D eigenvalue weighted by Gasteiger charge is -2.54. The normalized spacial score (nSPS) is 20.7. The van der Waals surface area contributed by atoms with E-state index in [9.17, 15) is 0 Å². The average Bonchev–Trinajstić information content (AvgIpc) is 3.68. The maximum absolute atomic E-state index is 2.56. The van der Waals surface area contributed by atoms with Crippen LogP contribution in [0.4, 0.5) is 17.1 Å². The van der Waals surface area contributed by atoms with Crippen LogP contribution >= 0.6 is 0 Å². The fourth-order valence-corrected chi connectivity index (χ4v) is 13.8. The monoisotopic (exact) mass is 847 g/mol. The van der Waals surface area contributed by atoms with Crippen molar-refractivity contribution in [3.63, 3.8) is 0 Å². The van der Waals surface area contributed by atoms with Gasteiger partial charge in [0, 0.05) is 16.9 Å². The van der Waals surface area contributed by atoms with Crippen molar-refractivity contribution in [1.29, 1.82) is 0 Å². The highest BCUT2D eigenvalue weighted by molar-refractivity contribution is 5.98. The summed E-state index contributed by atoms with van der Waals surface area (Å²) < 4.78 is 0. The van der Waals surface area contributed by atoms with E-state index in [-0.39, 0.29) is 0 Å². The summed E-state index contributed by atoms with van der Waals surface area (Å²) in [5.41, 5.74) is 19.6. The molecule has 0 aromatic heterocycles. The summed E-state index contributed by atoms with van der Waals surface area (Å²) in [6.45, 7) is 0. The van der Waals surface area contributed by atoms with Crippen molar-refractivity contribution in [2.24, 2.45) is 23.7 Å². The predicted molar refractivity (Wildman–Crippen MR) is 275 cm³/mol. The van der Waals surface area contributed by atoms with Crippen molar-refractivity contribution in [1.82, 2.24) is 0 Å². The highest BCUT2D eigenvalue weighted by atomic mass is 15.1. The van der Waals surface area contributed by atoms with E-state index in [1.165, 1.54) is 105 Å². The maximum Gasteiger partial charge on any atom is 0.0714 e. The highest BCUT2D eigenvalue weighted by Gasteiger charge is 2.49. The molecule has 0 spiro atoms. The molecular weight excluding hydrogens is 795 g/mol. The smallest absolute Gasteiger partial charge is 0.0714 e. The lowest BCUT2D eigenvalue weighted by molar-refractivity contribution is -0.00277. The molecule has 0 saturated heterocycles. The fraction of sp³-hybridized carbons (Fsp3) is 0.169. The molecule has 9 aromatic carbocycles. The molecule has 0 atom stereocenters. The molecule has 4 bridgehead atoms. The molecule has 0 N–H and O–H groups in total. The molecule has 0 heterocycles. The molecule has 0 unspecified atom stereocenters. The van der Waals surface area contributed by atoms with E-state index in [2.05, 4.69) is 235 Å². The zero-order valence-corrected chi connectivity index (χ0v) is 37.3. The molecule has 1 heteroatoms. The Morgan fingerprint density at radius 2 is 0.788 bits per heavy atom. The number of fused-ring (bicyclic) bond motifs is 3. The van der Waals surface area contributed by atoms with Gasteiger partial charge in [0.05, 0.1) is 11.1 Å². The highest BCUT2D eigenvalue weighted by Crippen LogP contribution is 2.61. The van der Waals surface area contributed by atoms with Crippen molar-refractivity contribution >= 4 is 17.1 Å². The molecular formula is C65H53N. The second-order valence-electron chi connectivity index (χ2n) is 19.6. The van der Waals surface area contributed by atoms with Crippen LogP contribution in [-0.2, 0) is 5.41 Å². The van der Waals surface area contributed by atoms with Crippen molar-refractivity contribution in [3.05, 3.63) is 258 Å². The molecule has 1 nitrogen and oxygen atoms in total. The van der Waals surface area contributed by atoms with Crippen LogP contribution in [0.1, 0.15) is 65.8 Å². The topological polar surface area (TPSA) is 3.24 Å². The fourth-order valence-electron chi connectivity index (χ4n) is 13.8. The van der Waals surface area contributed by atoms with Crippen LogP contribution in [0.3, 0.4) is 0 Å². The molecule has 0 aliphatic heterocycles. The summed E-state index contributed by atoms with van der Waals surface area (Å²) in [4.78, 5) is 2.56. The van der Waals surface area contributed by atoms with Crippen LogP contribution in [0.25, 0.3) is 44.5 Å². The number of anilines is 3. The van der Waals surface area contributed by atoms with Gasteiger partial charge >= 0.3 is 0 Å². The minimum atomic E-state index is -0.507. The first-order valence-electron chi connectivity index (χ1n) is 24.3. The summed E-state index contributed by atoms with van der Waals surface area (Å²) in [6, 6.07) is 86.5. The SMILES string of the molecule is c1ccc(-c2ccccc2-c2ccccc2-c2ccccc2N(c2ccc(C3C4CC5CC(C4)CC3C5)cc2)c2ccc3c(c2)C(c2ccccc2)(c2ccccc2)c2ccccc2-3)cc1. The molecule has 0 amide bonds. The average molecular weight is 848 g/mol. The van der Waals surface area contributed by atoms with Gasteiger partial charge in [0.15, 0.2) is 0 Å². The number of rotatable bonds is 9. The van der Waals surface area contributed by atoms with Gasteiger partial charge in [0.2, 0.25) is 0 Å². The van der Waals surface area contributed by atoms with E-state index in [4.69, 9.17) is 0 Å². The van der Waals surface area contributed by atoms with Gasteiger partial charge in [0.1, 0.15) is 0 Å². The Kier molecular flexibility index (Phi) is 9.52. The van der Waals surface area contributed by atoms with E-state index in [0.29, 0.717) is 5.92 Å². The van der Waals surface area contributed by atoms with Gasteiger partial charge < -0.3 is 4.90 Å². The molecule has 66 heavy (non-hydrogen) atoms. The van der Waals surface area contributed by atoms with E-state index < -0.39 is 5.41 Å². The van der Waals surface area contributed by atoms with Crippen LogP contribution in [0.2, 0.25) is 0 Å². The van der Waals surface area contributed by atoms with E-state index >= 15 is 0 Å². The van der Waals surface area contributed by atoms with Gasteiger partial charge in [-0.25, -0.2) is 0 Å². The first kappa shape index (κ1) is 39.2. The summed E-state index contributed by atoms with van der Waals surface area (Å²) in [5.74, 6) is 4.27. The Balaban J connectivity index is 1.02. The van der Waals surface area contributed by atoms with Crippen LogP contribution in [0.15, 0.2) is 231 Å². The Morgan fingerprint density at radius 3 is 1.41 bits per heavy atom. The summed E-state index contributed by atoms with van der Waals surface area (Å²) in [5, 5.41) is 0. The van der Waals surface area contributed by atoms with Crippen LogP contribution < -0.4 is 4.90 Å². The first-order valence-corrected chi connectivity index (χ1v) is 24.3. The van der Waals surface area contributed by atoms with Gasteiger partial charge in [-0.05, 0) is 159 Å². The minimum Gasteiger partial charge on any atom is -0.310 e. The predicted octanol–water partition coefficient (Wildman–Crippen LogP) is 17.1. The Bertz CT molecular complexity index is 3140. The summed E-state index contributed by atoms with van der Waals surface area (Å²) >= 11 is 0. The molecule has 9 aromatic rings.